The molecule has 0 aromatic heterocycles. The molecule has 0 spiro atoms. The Morgan fingerprint density at radius 2 is 2.16 bits per heavy atom. The summed E-state index contributed by atoms with van der Waals surface area (Å²) in [7, 11) is 0. The van der Waals surface area contributed by atoms with E-state index in [1.807, 2.05) is 0 Å². The number of nitrogens with zero attached hydrogens (tertiary/aromatic N) is 1. The Morgan fingerprint density at radius 3 is 2.53 bits per heavy atom. The van der Waals surface area contributed by atoms with Crippen molar-refractivity contribution in [1.82, 2.24) is 4.90 Å². The fraction of sp³-hybridized carbons (Fsp3) is 0.545. The van der Waals surface area contributed by atoms with Crippen molar-refractivity contribution in [2.75, 3.05) is 6.54 Å². The summed E-state index contributed by atoms with van der Waals surface area (Å²) in [6.45, 7) is 1.34. The number of carbonyl (C=O) groups is 3. The highest BCUT2D eigenvalue weighted by molar-refractivity contribution is 6.01. The van der Waals surface area contributed by atoms with E-state index in [1.165, 1.54) is 0 Å². The van der Waals surface area contributed by atoms with Crippen molar-refractivity contribution in [2.24, 2.45) is 17.6 Å². The smallest absolute Gasteiger partial charge is 0.316 e. The molecule has 1 aliphatic heterocycles. The molecule has 1 saturated heterocycles. The Labute approximate surface area is 107 Å². The Balaban J connectivity index is 3.07. The minimum atomic E-state index is -2.06. The highest BCUT2D eigenvalue weighted by Gasteiger charge is 2.47. The maximum Gasteiger partial charge on any atom is 0.316 e. The predicted octanol–water partition coefficient (Wildman–Crippen LogP) is 0.190. The zero-order chi connectivity index (χ0) is 14.7. The highest BCUT2D eigenvalue weighted by atomic mass is 19.3. The Bertz CT molecular complexity index is 434. The Kier molecular flexibility index (Phi) is 4.57. The van der Waals surface area contributed by atoms with Gasteiger partial charge >= 0.3 is 5.97 Å². The standard InChI is InChI=1S/C11H14F2N2O4/c1-2-6(9(14)16)15-4-5(3-7(12)13)8(10(15)17)11(18)19/h3,5-6,8H,2,4H2,1H3,(H2,14,16)(H,18,19)/t5-,6-,8?/m0/s1. The zero-order valence-electron chi connectivity index (χ0n) is 10.2. The van der Waals surface area contributed by atoms with Crippen molar-refractivity contribution < 1.29 is 28.3 Å². The molecule has 1 aliphatic rings. The van der Waals surface area contributed by atoms with Gasteiger partial charge in [-0.25, -0.2) is 0 Å². The van der Waals surface area contributed by atoms with Crippen LogP contribution in [-0.4, -0.2) is 40.4 Å². The molecule has 1 unspecified atom stereocenters. The third kappa shape index (κ3) is 3.07. The van der Waals surface area contributed by atoms with Gasteiger partial charge in [0.15, 0.2) is 0 Å². The number of likely N-dealkylation sites (tertiary alicyclic amines) is 1. The van der Waals surface area contributed by atoms with E-state index in [0.29, 0.717) is 6.08 Å². The molecule has 2 amide bonds. The molecule has 8 heteroatoms. The molecule has 0 radical (unpaired) electrons. The second-order valence-electron chi connectivity index (χ2n) is 4.25. The maximum absolute atomic E-state index is 12.3. The number of amides is 2. The van der Waals surface area contributed by atoms with E-state index in [0.717, 1.165) is 4.90 Å². The molecule has 0 bridgehead atoms. The summed E-state index contributed by atoms with van der Waals surface area (Å²) in [5.74, 6) is -5.90. The van der Waals surface area contributed by atoms with Gasteiger partial charge in [0.25, 0.3) is 6.08 Å². The van der Waals surface area contributed by atoms with E-state index < -0.39 is 41.7 Å². The molecule has 0 saturated carbocycles. The van der Waals surface area contributed by atoms with Crippen molar-refractivity contribution in [3.05, 3.63) is 12.2 Å². The number of halogens is 2. The average Bonchev–Trinajstić information content (AvgIpc) is 2.55. The molecule has 19 heavy (non-hydrogen) atoms. The maximum atomic E-state index is 12.3. The molecule has 1 heterocycles. The summed E-state index contributed by atoms with van der Waals surface area (Å²) in [6, 6.07) is -0.976. The molecule has 3 atom stereocenters. The number of carbonyl (C=O) groups excluding carboxylic acids is 2. The molecule has 1 rings (SSSR count). The van der Waals surface area contributed by atoms with Crippen molar-refractivity contribution in [1.29, 1.82) is 0 Å². The number of nitrogens with two attached hydrogens (primary N) is 1. The van der Waals surface area contributed by atoms with Gasteiger partial charge in [-0.2, -0.15) is 8.78 Å². The van der Waals surface area contributed by atoms with Crippen LogP contribution in [-0.2, 0) is 14.4 Å². The lowest BCUT2D eigenvalue weighted by Crippen LogP contribution is -2.46. The van der Waals surface area contributed by atoms with Crippen LogP contribution in [0.15, 0.2) is 12.2 Å². The summed E-state index contributed by atoms with van der Waals surface area (Å²) >= 11 is 0. The third-order valence-electron chi connectivity index (χ3n) is 3.08. The van der Waals surface area contributed by atoms with Gasteiger partial charge < -0.3 is 15.7 Å². The quantitative estimate of drug-likeness (QED) is 0.700. The first-order valence-electron chi connectivity index (χ1n) is 5.65. The Morgan fingerprint density at radius 1 is 1.58 bits per heavy atom. The van der Waals surface area contributed by atoms with Crippen LogP contribution in [0.3, 0.4) is 0 Å². The van der Waals surface area contributed by atoms with Gasteiger partial charge in [0, 0.05) is 12.5 Å². The first-order valence-corrected chi connectivity index (χ1v) is 5.65. The van der Waals surface area contributed by atoms with E-state index in [-0.39, 0.29) is 13.0 Å². The second kappa shape index (κ2) is 5.77. The molecule has 0 aromatic rings. The second-order valence-corrected chi connectivity index (χ2v) is 4.25. The number of hydrogen-bond acceptors (Lipinski definition) is 3. The predicted molar refractivity (Wildman–Crippen MR) is 59.9 cm³/mol. The number of rotatable bonds is 5. The molecular weight excluding hydrogens is 262 g/mol. The van der Waals surface area contributed by atoms with Crippen LogP contribution in [0.25, 0.3) is 0 Å². The minimum Gasteiger partial charge on any atom is -0.481 e. The van der Waals surface area contributed by atoms with Crippen LogP contribution in [0.2, 0.25) is 0 Å². The minimum absolute atomic E-state index is 0.196. The first-order chi connectivity index (χ1) is 8.79. The molecule has 0 aliphatic carbocycles. The van der Waals surface area contributed by atoms with Crippen molar-refractivity contribution >= 4 is 17.8 Å². The molecule has 1 fully saturated rings. The highest BCUT2D eigenvalue weighted by Crippen LogP contribution is 2.30. The average molecular weight is 276 g/mol. The molecule has 6 nitrogen and oxygen atoms in total. The van der Waals surface area contributed by atoms with Gasteiger partial charge in [0.05, 0.1) is 0 Å². The van der Waals surface area contributed by atoms with Gasteiger partial charge in [-0.05, 0) is 12.5 Å². The number of carboxylic acid groups (broad SMARTS) is 1. The van der Waals surface area contributed by atoms with Crippen molar-refractivity contribution in [3.63, 3.8) is 0 Å². The van der Waals surface area contributed by atoms with E-state index in [4.69, 9.17) is 10.8 Å². The fourth-order valence-electron chi connectivity index (χ4n) is 2.24. The summed E-state index contributed by atoms with van der Waals surface area (Å²) in [6.07, 6.45) is -1.43. The molecule has 106 valence electrons. The number of carboxylic acids is 1. The molecular formula is C11H14F2N2O4. The van der Waals surface area contributed by atoms with Crippen molar-refractivity contribution in [2.45, 2.75) is 19.4 Å². The van der Waals surface area contributed by atoms with Gasteiger partial charge in [0.2, 0.25) is 11.8 Å². The summed E-state index contributed by atoms with van der Waals surface area (Å²) < 4.78 is 24.5. The fourth-order valence-corrected chi connectivity index (χ4v) is 2.24. The number of primary amides is 1. The van der Waals surface area contributed by atoms with Crippen LogP contribution in [0.1, 0.15) is 13.3 Å². The zero-order valence-corrected chi connectivity index (χ0v) is 10.2. The van der Waals surface area contributed by atoms with Crippen LogP contribution in [0, 0.1) is 11.8 Å². The van der Waals surface area contributed by atoms with Crippen molar-refractivity contribution in [3.8, 4) is 0 Å². The monoisotopic (exact) mass is 276 g/mol. The largest absolute Gasteiger partial charge is 0.481 e. The van der Waals surface area contributed by atoms with Gasteiger partial charge in [-0.3, -0.25) is 14.4 Å². The summed E-state index contributed by atoms with van der Waals surface area (Å²) in [5, 5.41) is 8.94. The van der Waals surface area contributed by atoms with E-state index in [2.05, 4.69) is 0 Å². The van der Waals surface area contributed by atoms with Crippen LogP contribution in [0.4, 0.5) is 8.78 Å². The lowest BCUT2D eigenvalue weighted by Gasteiger charge is -2.24. The van der Waals surface area contributed by atoms with Crippen LogP contribution < -0.4 is 5.73 Å². The Hall–Kier alpha value is -1.99. The van der Waals surface area contributed by atoms with Gasteiger partial charge in [-0.1, -0.05) is 6.92 Å². The third-order valence-corrected chi connectivity index (χ3v) is 3.08. The summed E-state index contributed by atoms with van der Waals surface area (Å²) in [5.41, 5.74) is 5.11. The van der Waals surface area contributed by atoms with Gasteiger partial charge in [-0.15, -0.1) is 0 Å². The number of hydrogen-bond donors (Lipinski definition) is 2. The first kappa shape index (κ1) is 15.1. The SMILES string of the molecule is CC[C@@H](C(N)=O)N1C[C@H](C=C(F)F)C(C(=O)O)C1=O. The van der Waals surface area contributed by atoms with Crippen LogP contribution >= 0.6 is 0 Å². The van der Waals surface area contributed by atoms with Gasteiger partial charge in [0.1, 0.15) is 12.0 Å². The lowest BCUT2D eigenvalue weighted by molar-refractivity contribution is -0.150. The summed E-state index contributed by atoms with van der Waals surface area (Å²) in [4.78, 5) is 35.0. The number of aliphatic carboxylic acids is 1. The van der Waals surface area contributed by atoms with E-state index >= 15 is 0 Å². The topological polar surface area (TPSA) is 101 Å². The normalized spacial score (nSPS) is 24.2. The molecule has 3 N–H and O–H groups in total. The van der Waals surface area contributed by atoms with Crippen LogP contribution in [0.5, 0.6) is 0 Å². The van der Waals surface area contributed by atoms with E-state index in [9.17, 15) is 23.2 Å². The molecule has 0 aromatic carbocycles. The lowest BCUT2D eigenvalue weighted by atomic mass is 9.96. The van der Waals surface area contributed by atoms with E-state index in [1.54, 1.807) is 6.92 Å².